The summed E-state index contributed by atoms with van der Waals surface area (Å²) < 4.78 is 1.57. The van der Waals surface area contributed by atoms with Crippen molar-refractivity contribution in [1.29, 1.82) is 0 Å². The summed E-state index contributed by atoms with van der Waals surface area (Å²) in [4.78, 5) is 36.4. The zero-order chi connectivity index (χ0) is 19.2. The van der Waals surface area contributed by atoms with E-state index in [0.29, 0.717) is 24.3 Å². The molecule has 0 aromatic carbocycles. The number of aromatic nitrogens is 3. The highest BCUT2D eigenvalue weighted by atomic mass is 16.2. The van der Waals surface area contributed by atoms with E-state index < -0.39 is 5.91 Å². The average molecular weight is 371 g/mol. The Morgan fingerprint density at radius 2 is 2.04 bits per heavy atom. The number of hydrogen-bond donors (Lipinski definition) is 1. The number of hydrogen-bond acceptors (Lipinski definition) is 5. The van der Waals surface area contributed by atoms with Crippen molar-refractivity contribution in [2.45, 2.75) is 46.1 Å². The number of piperidine rings is 1. The highest BCUT2D eigenvalue weighted by molar-refractivity contribution is 5.93. The molecule has 1 saturated heterocycles. The lowest BCUT2D eigenvalue weighted by molar-refractivity contribution is 0.0944. The van der Waals surface area contributed by atoms with Crippen LogP contribution in [0.3, 0.4) is 0 Å². The molecule has 0 unspecified atom stereocenters. The molecule has 2 aromatic heterocycles. The third-order valence-electron chi connectivity index (χ3n) is 4.85. The van der Waals surface area contributed by atoms with Gasteiger partial charge in [0.1, 0.15) is 5.52 Å². The lowest BCUT2D eigenvalue weighted by Gasteiger charge is -2.26. The number of amides is 1. The highest BCUT2D eigenvalue weighted by Gasteiger charge is 2.18. The van der Waals surface area contributed by atoms with Crippen LogP contribution in [0.1, 0.15) is 50.0 Å². The number of rotatable bonds is 7. The minimum absolute atomic E-state index is 0.0471. The summed E-state index contributed by atoms with van der Waals surface area (Å²) in [6, 6.07) is 3.55. The molecule has 0 radical (unpaired) electrons. The van der Waals surface area contributed by atoms with E-state index in [2.05, 4.69) is 20.2 Å². The first-order valence-electron chi connectivity index (χ1n) is 9.92. The first-order valence-corrected chi connectivity index (χ1v) is 9.92. The normalized spacial score (nSPS) is 15.4. The van der Waals surface area contributed by atoms with E-state index >= 15 is 0 Å². The summed E-state index contributed by atoms with van der Waals surface area (Å²) >= 11 is 0. The Labute approximate surface area is 159 Å². The van der Waals surface area contributed by atoms with Gasteiger partial charge in [-0.2, -0.15) is 0 Å². The molecule has 7 nitrogen and oxygen atoms in total. The smallest absolute Gasteiger partial charge is 0.283 e. The Balaban J connectivity index is 1.70. The zero-order valence-corrected chi connectivity index (χ0v) is 16.3. The minimum Gasteiger partial charge on any atom is -0.350 e. The maximum Gasteiger partial charge on any atom is 0.283 e. The Morgan fingerprint density at radius 1 is 1.26 bits per heavy atom. The summed E-state index contributed by atoms with van der Waals surface area (Å²) in [5.41, 5.74) is 0.673. The number of pyridine rings is 1. The van der Waals surface area contributed by atoms with Gasteiger partial charge in [-0.1, -0.05) is 20.3 Å². The largest absolute Gasteiger partial charge is 0.350 e. The molecule has 0 bridgehead atoms. The van der Waals surface area contributed by atoms with Crippen molar-refractivity contribution in [2.24, 2.45) is 5.92 Å². The fourth-order valence-electron chi connectivity index (χ4n) is 3.53. The Hall–Kier alpha value is -2.28. The van der Waals surface area contributed by atoms with Crippen LogP contribution in [0.4, 0.5) is 0 Å². The first-order chi connectivity index (χ1) is 13.1. The van der Waals surface area contributed by atoms with Gasteiger partial charge in [0, 0.05) is 19.3 Å². The van der Waals surface area contributed by atoms with Crippen molar-refractivity contribution in [3.05, 3.63) is 34.4 Å². The number of likely N-dealkylation sites (tertiary alicyclic amines) is 1. The van der Waals surface area contributed by atoms with Crippen LogP contribution in [0.2, 0.25) is 0 Å². The number of nitrogens with zero attached hydrogens (tertiary/aromatic N) is 4. The molecule has 146 valence electrons. The molecule has 0 spiro atoms. The SMILES string of the molecule is CC(C)Cn1c(=O)c(C(=O)NCCCN2CCCCC2)nc2cccnc21. The van der Waals surface area contributed by atoms with Gasteiger partial charge >= 0.3 is 0 Å². The second-order valence-electron chi connectivity index (χ2n) is 7.63. The molecular formula is C20H29N5O2. The summed E-state index contributed by atoms with van der Waals surface area (Å²) in [5, 5.41) is 2.86. The second kappa shape index (κ2) is 9.08. The standard InChI is InChI=1S/C20H29N5O2/c1-15(2)14-25-18-16(8-6-9-21-18)23-17(20(25)27)19(26)22-10-7-13-24-11-4-3-5-12-24/h6,8-9,15H,3-5,7,10-14H2,1-2H3,(H,22,26). The maximum absolute atomic E-state index is 12.8. The molecule has 1 aliphatic rings. The van der Waals surface area contributed by atoms with Crippen LogP contribution < -0.4 is 10.9 Å². The Bertz CT molecular complexity index is 840. The van der Waals surface area contributed by atoms with Gasteiger partial charge in [-0.05, 0) is 56.9 Å². The molecule has 7 heteroatoms. The van der Waals surface area contributed by atoms with Crippen LogP contribution in [-0.2, 0) is 6.54 Å². The topological polar surface area (TPSA) is 80.1 Å². The van der Waals surface area contributed by atoms with Crippen molar-refractivity contribution in [3.63, 3.8) is 0 Å². The zero-order valence-electron chi connectivity index (χ0n) is 16.3. The van der Waals surface area contributed by atoms with Crippen molar-refractivity contribution >= 4 is 17.1 Å². The molecule has 3 rings (SSSR count). The van der Waals surface area contributed by atoms with Crippen molar-refractivity contribution in [1.82, 2.24) is 24.8 Å². The number of nitrogens with one attached hydrogen (secondary N) is 1. The highest BCUT2D eigenvalue weighted by Crippen LogP contribution is 2.10. The van der Waals surface area contributed by atoms with Crippen molar-refractivity contribution in [3.8, 4) is 0 Å². The van der Waals surface area contributed by atoms with Crippen LogP contribution in [0.15, 0.2) is 23.1 Å². The van der Waals surface area contributed by atoms with Crippen LogP contribution in [0, 0.1) is 5.92 Å². The van der Waals surface area contributed by atoms with Gasteiger partial charge in [-0.25, -0.2) is 9.97 Å². The second-order valence-corrected chi connectivity index (χ2v) is 7.63. The fourth-order valence-corrected chi connectivity index (χ4v) is 3.53. The monoisotopic (exact) mass is 371 g/mol. The first kappa shape index (κ1) is 19.5. The molecule has 2 aromatic rings. The number of carbonyl (C=O) groups excluding carboxylic acids is 1. The van der Waals surface area contributed by atoms with Crippen LogP contribution >= 0.6 is 0 Å². The van der Waals surface area contributed by atoms with E-state index in [1.165, 1.54) is 19.3 Å². The number of fused-ring (bicyclic) bond motifs is 1. The van der Waals surface area contributed by atoms with E-state index in [4.69, 9.17) is 0 Å². The molecular weight excluding hydrogens is 342 g/mol. The van der Waals surface area contributed by atoms with E-state index in [-0.39, 0.29) is 17.2 Å². The molecule has 1 aliphatic heterocycles. The predicted octanol–water partition coefficient (Wildman–Crippen LogP) is 2.05. The van der Waals surface area contributed by atoms with E-state index in [1.807, 2.05) is 13.8 Å². The van der Waals surface area contributed by atoms with Gasteiger partial charge in [0.2, 0.25) is 0 Å². The van der Waals surface area contributed by atoms with Gasteiger partial charge in [0.05, 0.1) is 0 Å². The minimum atomic E-state index is -0.401. The molecule has 27 heavy (non-hydrogen) atoms. The summed E-state index contributed by atoms with van der Waals surface area (Å²) in [7, 11) is 0. The van der Waals surface area contributed by atoms with Crippen LogP contribution in [0.25, 0.3) is 11.2 Å². The molecule has 0 aliphatic carbocycles. The van der Waals surface area contributed by atoms with Gasteiger partial charge in [-0.3, -0.25) is 14.2 Å². The van der Waals surface area contributed by atoms with Gasteiger partial charge in [0.15, 0.2) is 11.3 Å². The quantitative estimate of drug-likeness (QED) is 0.754. The predicted molar refractivity (Wildman–Crippen MR) is 106 cm³/mol. The fraction of sp³-hybridized carbons (Fsp3) is 0.600. The lowest BCUT2D eigenvalue weighted by Crippen LogP contribution is -2.37. The third-order valence-corrected chi connectivity index (χ3v) is 4.85. The van der Waals surface area contributed by atoms with Gasteiger partial charge < -0.3 is 10.2 Å². The number of carbonyl (C=O) groups is 1. The van der Waals surface area contributed by atoms with E-state index in [9.17, 15) is 9.59 Å². The molecule has 1 fully saturated rings. The maximum atomic E-state index is 12.8. The third kappa shape index (κ3) is 4.91. The molecule has 0 atom stereocenters. The summed E-state index contributed by atoms with van der Waals surface area (Å²) in [6.07, 6.45) is 6.35. The van der Waals surface area contributed by atoms with Crippen molar-refractivity contribution < 1.29 is 4.79 Å². The summed E-state index contributed by atoms with van der Waals surface area (Å²) in [5.74, 6) is -0.141. The summed E-state index contributed by atoms with van der Waals surface area (Å²) in [6.45, 7) is 8.38. The Morgan fingerprint density at radius 3 is 2.78 bits per heavy atom. The van der Waals surface area contributed by atoms with Crippen LogP contribution in [0.5, 0.6) is 0 Å². The van der Waals surface area contributed by atoms with Gasteiger partial charge in [-0.15, -0.1) is 0 Å². The average Bonchev–Trinajstić information content (AvgIpc) is 2.67. The van der Waals surface area contributed by atoms with Crippen LogP contribution in [-0.4, -0.2) is 51.5 Å². The molecule has 1 N–H and O–H groups in total. The van der Waals surface area contributed by atoms with Crippen molar-refractivity contribution in [2.75, 3.05) is 26.2 Å². The Kier molecular flexibility index (Phi) is 6.55. The van der Waals surface area contributed by atoms with Gasteiger partial charge in [0.25, 0.3) is 11.5 Å². The molecule has 1 amide bonds. The van der Waals surface area contributed by atoms with E-state index in [1.54, 1.807) is 22.9 Å². The molecule has 0 saturated carbocycles. The van der Waals surface area contributed by atoms with E-state index in [0.717, 1.165) is 26.1 Å². The molecule has 3 heterocycles. The lowest BCUT2D eigenvalue weighted by atomic mass is 10.1.